The van der Waals surface area contributed by atoms with Crippen molar-refractivity contribution in [3.8, 4) is 0 Å². The first-order valence-corrected chi connectivity index (χ1v) is 12.0. The van der Waals surface area contributed by atoms with Gasteiger partial charge in [-0.3, -0.25) is 9.69 Å². The van der Waals surface area contributed by atoms with Crippen molar-refractivity contribution in [3.63, 3.8) is 0 Å². The first-order valence-electron chi connectivity index (χ1n) is 12.0. The van der Waals surface area contributed by atoms with Gasteiger partial charge in [0.25, 0.3) is 0 Å². The number of nitrogens with zero attached hydrogens (tertiary/aromatic N) is 3. The maximum absolute atomic E-state index is 12.5. The lowest BCUT2D eigenvalue weighted by molar-refractivity contribution is -0.117. The Morgan fingerprint density at radius 2 is 1.58 bits per heavy atom. The van der Waals surface area contributed by atoms with E-state index in [1.54, 1.807) is 18.2 Å². The summed E-state index contributed by atoms with van der Waals surface area (Å²) >= 11 is 0. The number of carbonyl (C=O) groups is 2. The summed E-state index contributed by atoms with van der Waals surface area (Å²) in [4.78, 5) is 33.0. The highest BCUT2D eigenvalue weighted by Crippen LogP contribution is 2.14. The quantitative estimate of drug-likeness (QED) is 0.347. The number of benzene rings is 3. The number of carbonyl (C=O) groups excluding carboxylic acids is 1. The molecule has 36 heavy (non-hydrogen) atoms. The van der Waals surface area contributed by atoms with Gasteiger partial charge in [-0.1, -0.05) is 54.1 Å². The molecule has 0 aliphatic carbocycles. The van der Waals surface area contributed by atoms with Crippen LogP contribution in [-0.2, 0) is 11.3 Å². The summed E-state index contributed by atoms with van der Waals surface area (Å²) in [5.74, 6) is -0.321. The number of carboxylic acids is 1. The van der Waals surface area contributed by atoms with Crippen molar-refractivity contribution in [2.45, 2.75) is 13.5 Å². The fourth-order valence-electron chi connectivity index (χ4n) is 3.99. The number of piperazine rings is 1. The average molecular weight is 486 g/mol. The number of carboxylic acid groups (broad SMARTS) is 1. The minimum absolute atomic E-state index is 0.0334. The van der Waals surface area contributed by atoms with Crippen LogP contribution in [0.1, 0.15) is 21.5 Å². The van der Waals surface area contributed by atoms with Crippen LogP contribution in [0.2, 0.25) is 0 Å². The molecule has 1 aliphatic heterocycles. The van der Waals surface area contributed by atoms with Crippen LogP contribution < -0.4 is 10.6 Å². The van der Waals surface area contributed by atoms with Crippen molar-refractivity contribution in [2.75, 3.05) is 43.4 Å². The monoisotopic (exact) mass is 485 g/mol. The summed E-state index contributed by atoms with van der Waals surface area (Å²) in [6.07, 6.45) is 0. The van der Waals surface area contributed by atoms with E-state index in [1.807, 2.05) is 67.6 Å². The Hall–Kier alpha value is -4.17. The van der Waals surface area contributed by atoms with Gasteiger partial charge in [0.2, 0.25) is 5.91 Å². The lowest BCUT2D eigenvalue weighted by Gasteiger charge is -2.36. The molecule has 0 spiro atoms. The molecule has 1 saturated heterocycles. The topological polar surface area (TPSA) is 97.3 Å². The van der Waals surface area contributed by atoms with Crippen LogP contribution in [-0.4, -0.2) is 65.5 Å². The standard InChI is InChI=1S/C28H31N5O3/c1-21-10-12-24(13-11-21)30-26(34)20-32-14-16-33(17-15-32)28(29-19-22-6-3-2-4-7-22)31-25-9-5-8-23(18-25)27(35)36/h2-13,18H,14-17,19-20H2,1H3,(H,29,31)(H,30,34)(H,35,36). The highest BCUT2D eigenvalue weighted by Gasteiger charge is 2.22. The van der Waals surface area contributed by atoms with Crippen LogP contribution >= 0.6 is 0 Å². The number of guanidine groups is 1. The van der Waals surface area contributed by atoms with E-state index in [0.717, 1.165) is 16.8 Å². The molecule has 0 bridgehead atoms. The van der Waals surface area contributed by atoms with Crippen LogP contribution in [0.3, 0.4) is 0 Å². The predicted molar refractivity (Wildman–Crippen MR) is 142 cm³/mol. The molecule has 1 amide bonds. The molecular weight excluding hydrogens is 454 g/mol. The molecule has 0 saturated carbocycles. The Morgan fingerprint density at radius 3 is 2.28 bits per heavy atom. The van der Waals surface area contributed by atoms with Gasteiger partial charge >= 0.3 is 5.97 Å². The number of amides is 1. The molecule has 0 aromatic heterocycles. The van der Waals surface area contributed by atoms with Crippen molar-refractivity contribution in [3.05, 3.63) is 95.6 Å². The number of rotatable bonds is 7. The number of hydrogen-bond acceptors (Lipinski definition) is 4. The van der Waals surface area contributed by atoms with Gasteiger partial charge in [0.15, 0.2) is 5.96 Å². The van der Waals surface area contributed by atoms with E-state index in [2.05, 4.69) is 20.4 Å². The van der Waals surface area contributed by atoms with Gasteiger partial charge in [0.1, 0.15) is 0 Å². The maximum Gasteiger partial charge on any atom is 0.335 e. The summed E-state index contributed by atoms with van der Waals surface area (Å²) in [6.45, 7) is 5.65. The molecule has 0 radical (unpaired) electrons. The van der Waals surface area contributed by atoms with Gasteiger partial charge in [-0.25, -0.2) is 9.79 Å². The second kappa shape index (κ2) is 12.0. The third-order valence-corrected chi connectivity index (χ3v) is 5.99. The lowest BCUT2D eigenvalue weighted by Crippen LogP contribution is -2.52. The van der Waals surface area contributed by atoms with E-state index in [1.165, 1.54) is 0 Å². The second-order valence-corrected chi connectivity index (χ2v) is 8.81. The van der Waals surface area contributed by atoms with E-state index in [9.17, 15) is 14.7 Å². The Labute approximate surface area is 211 Å². The molecule has 1 fully saturated rings. The number of aromatic carboxylic acids is 1. The van der Waals surface area contributed by atoms with Gasteiger partial charge in [-0.05, 0) is 42.8 Å². The normalized spacial score (nSPS) is 14.4. The van der Waals surface area contributed by atoms with Crippen molar-refractivity contribution in [1.82, 2.24) is 9.80 Å². The SMILES string of the molecule is Cc1ccc(NC(=O)CN2CCN(C(=NCc3ccccc3)Nc3cccc(C(=O)O)c3)CC2)cc1. The van der Waals surface area contributed by atoms with E-state index >= 15 is 0 Å². The summed E-state index contributed by atoms with van der Waals surface area (Å²) in [5, 5.41) is 15.6. The number of hydrogen-bond donors (Lipinski definition) is 3. The highest BCUT2D eigenvalue weighted by molar-refractivity contribution is 5.96. The van der Waals surface area contributed by atoms with E-state index in [4.69, 9.17) is 4.99 Å². The largest absolute Gasteiger partial charge is 0.478 e. The van der Waals surface area contributed by atoms with Crippen LogP contribution in [0.25, 0.3) is 0 Å². The number of anilines is 2. The summed E-state index contributed by atoms with van der Waals surface area (Å²) in [5.41, 5.74) is 3.92. The molecule has 3 aromatic rings. The molecule has 1 aliphatic rings. The van der Waals surface area contributed by atoms with Crippen LogP contribution in [0, 0.1) is 6.92 Å². The van der Waals surface area contributed by atoms with Crippen molar-refractivity contribution < 1.29 is 14.7 Å². The average Bonchev–Trinajstić information content (AvgIpc) is 2.89. The smallest absolute Gasteiger partial charge is 0.335 e. The van der Waals surface area contributed by atoms with Crippen LogP contribution in [0.5, 0.6) is 0 Å². The number of aryl methyl sites for hydroxylation is 1. The summed E-state index contributed by atoms with van der Waals surface area (Å²) in [6, 6.07) is 24.5. The zero-order valence-electron chi connectivity index (χ0n) is 20.4. The third kappa shape index (κ3) is 7.16. The van der Waals surface area contributed by atoms with Gasteiger partial charge in [-0.2, -0.15) is 0 Å². The molecule has 4 rings (SSSR count). The molecule has 3 N–H and O–H groups in total. The number of nitrogens with one attached hydrogen (secondary N) is 2. The Balaban J connectivity index is 1.39. The molecule has 8 nitrogen and oxygen atoms in total. The van der Waals surface area contributed by atoms with Crippen molar-refractivity contribution in [1.29, 1.82) is 0 Å². The van der Waals surface area contributed by atoms with E-state index in [0.29, 0.717) is 50.9 Å². The summed E-state index contributed by atoms with van der Waals surface area (Å²) in [7, 11) is 0. The maximum atomic E-state index is 12.5. The fraction of sp³-hybridized carbons (Fsp3) is 0.250. The van der Waals surface area contributed by atoms with Gasteiger partial charge < -0.3 is 20.6 Å². The van der Waals surface area contributed by atoms with Gasteiger partial charge in [0, 0.05) is 37.6 Å². The minimum Gasteiger partial charge on any atom is -0.478 e. The summed E-state index contributed by atoms with van der Waals surface area (Å²) < 4.78 is 0. The molecule has 3 aromatic carbocycles. The predicted octanol–water partition coefficient (Wildman–Crippen LogP) is 3.92. The number of aliphatic imine (C=N–C) groups is 1. The molecular formula is C28H31N5O3. The van der Waals surface area contributed by atoms with Crippen LogP contribution in [0.15, 0.2) is 83.9 Å². The second-order valence-electron chi connectivity index (χ2n) is 8.81. The van der Waals surface area contributed by atoms with E-state index in [-0.39, 0.29) is 11.5 Å². The van der Waals surface area contributed by atoms with Crippen LogP contribution in [0.4, 0.5) is 11.4 Å². The van der Waals surface area contributed by atoms with Crippen molar-refractivity contribution in [2.24, 2.45) is 4.99 Å². The van der Waals surface area contributed by atoms with E-state index < -0.39 is 5.97 Å². The third-order valence-electron chi connectivity index (χ3n) is 5.99. The Morgan fingerprint density at radius 1 is 0.861 bits per heavy atom. The lowest BCUT2D eigenvalue weighted by atomic mass is 10.2. The van der Waals surface area contributed by atoms with Gasteiger partial charge in [-0.15, -0.1) is 0 Å². The molecule has 0 atom stereocenters. The molecule has 1 heterocycles. The minimum atomic E-state index is -0.973. The Bertz CT molecular complexity index is 1200. The zero-order chi connectivity index (χ0) is 25.3. The first-order chi connectivity index (χ1) is 17.5. The Kier molecular flexibility index (Phi) is 8.31. The molecule has 8 heteroatoms. The van der Waals surface area contributed by atoms with Gasteiger partial charge in [0.05, 0.1) is 18.7 Å². The molecule has 186 valence electrons. The zero-order valence-corrected chi connectivity index (χ0v) is 20.4. The molecule has 0 unspecified atom stereocenters. The van der Waals surface area contributed by atoms with Crippen molar-refractivity contribution >= 4 is 29.2 Å². The fourth-order valence-corrected chi connectivity index (χ4v) is 3.99. The highest BCUT2D eigenvalue weighted by atomic mass is 16.4. The first kappa shape index (κ1) is 24.9.